The molecule has 0 saturated heterocycles. The molecule has 0 fully saturated rings. The van der Waals surface area contributed by atoms with E-state index >= 15 is 0 Å². The lowest BCUT2D eigenvalue weighted by atomic mass is 10.2. The third-order valence-corrected chi connectivity index (χ3v) is 3.69. The van der Waals surface area contributed by atoms with Crippen molar-refractivity contribution < 1.29 is 0 Å². The van der Waals surface area contributed by atoms with E-state index in [0.717, 1.165) is 23.2 Å². The first kappa shape index (κ1) is 12.2. The Balaban J connectivity index is 2.10. The maximum atomic E-state index is 4.25. The van der Waals surface area contributed by atoms with Gasteiger partial charge in [-0.2, -0.15) is 5.10 Å². The van der Waals surface area contributed by atoms with Crippen LogP contribution in [-0.4, -0.2) is 9.78 Å². The molecule has 0 radical (unpaired) electrons. The van der Waals surface area contributed by atoms with Crippen LogP contribution in [0.3, 0.4) is 0 Å². The molecule has 0 atom stereocenters. The van der Waals surface area contributed by atoms with Crippen molar-refractivity contribution in [2.75, 3.05) is 5.32 Å². The summed E-state index contributed by atoms with van der Waals surface area (Å²) in [5, 5.41) is 7.69. The van der Waals surface area contributed by atoms with E-state index in [9.17, 15) is 0 Å². The van der Waals surface area contributed by atoms with Crippen molar-refractivity contribution in [3.63, 3.8) is 0 Å². The molecule has 1 heterocycles. The minimum absolute atomic E-state index is 0.797. The molecule has 0 saturated carbocycles. The van der Waals surface area contributed by atoms with E-state index in [1.807, 2.05) is 23.0 Å². The third-order valence-electron chi connectivity index (χ3n) is 2.83. The summed E-state index contributed by atoms with van der Waals surface area (Å²) in [4.78, 5) is 0. The fourth-order valence-corrected chi connectivity index (χ4v) is 2.15. The van der Waals surface area contributed by atoms with Gasteiger partial charge in [-0.05, 0) is 37.6 Å². The smallest absolute Gasteiger partial charge is 0.0575 e. The second-order valence-corrected chi connectivity index (χ2v) is 4.76. The molecule has 2 aromatic rings. The second kappa shape index (κ2) is 5.36. The summed E-state index contributed by atoms with van der Waals surface area (Å²) in [7, 11) is 0. The zero-order valence-electron chi connectivity index (χ0n) is 10.1. The standard InChI is InChI=1S/C13H16BrN3/c1-3-17-11(7-8-16-17)9-15-13-6-4-5-12(14)10(13)2/h4-8,15H,3,9H2,1-2H3. The number of aryl methyl sites for hydroxylation is 1. The molecular weight excluding hydrogens is 278 g/mol. The van der Waals surface area contributed by atoms with Gasteiger partial charge in [0.15, 0.2) is 0 Å². The van der Waals surface area contributed by atoms with E-state index in [0.29, 0.717) is 0 Å². The summed E-state index contributed by atoms with van der Waals surface area (Å²) < 4.78 is 3.13. The Morgan fingerprint density at radius 2 is 2.18 bits per heavy atom. The number of nitrogens with zero attached hydrogens (tertiary/aromatic N) is 2. The summed E-state index contributed by atoms with van der Waals surface area (Å²) in [5.41, 5.74) is 3.59. The zero-order chi connectivity index (χ0) is 12.3. The van der Waals surface area contributed by atoms with Gasteiger partial charge in [-0.25, -0.2) is 0 Å². The number of halogens is 1. The minimum atomic E-state index is 0.797. The molecular formula is C13H16BrN3. The van der Waals surface area contributed by atoms with Crippen molar-refractivity contribution in [1.82, 2.24) is 9.78 Å². The van der Waals surface area contributed by atoms with Crippen LogP contribution in [0.25, 0.3) is 0 Å². The Bertz CT molecular complexity index is 505. The van der Waals surface area contributed by atoms with Crippen molar-refractivity contribution >= 4 is 21.6 Å². The van der Waals surface area contributed by atoms with Gasteiger partial charge in [0.25, 0.3) is 0 Å². The lowest BCUT2D eigenvalue weighted by Gasteiger charge is -2.11. The summed E-state index contributed by atoms with van der Waals surface area (Å²) in [6.07, 6.45) is 1.84. The zero-order valence-corrected chi connectivity index (χ0v) is 11.7. The number of rotatable bonds is 4. The predicted octanol–water partition coefficient (Wildman–Crippen LogP) is 3.59. The Hall–Kier alpha value is -1.29. The molecule has 1 aromatic carbocycles. The van der Waals surface area contributed by atoms with Crippen molar-refractivity contribution in [2.45, 2.75) is 26.9 Å². The van der Waals surface area contributed by atoms with Crippen molar-refractivity contribution in [2.24, 2.45) is 0 Å². The van der Waals surface area contributed by atoms with Crippen LogP contribution in [0, 0.1) is 6.92 Å². The number of hydrogen-bond acceptors (Lipinski definition) is 2. The van der Waals surface area contributed by atoms with Gasteiger partial charge >= 0.3 is 0 Å². The molecule has 0 aliphatic carbocycles. The molecule has 1 N–H and O–H groups in total. The monoisotopic (exact) mass is 293 g/mol. The minimum Gasteiger partial charge on any atom is -0.379 e. The van der Waals surface area contributed by atoms with Gasteiger partial charge in [-0.15, -0.1) is 0 Å². The molecule has 0 bridgehead atoms. The van der Waals surface area contributed by atoms with Crippen molar-refractivity contribution in [3.8, 4) is 0 Å². The topological polar surface area (TPSA) is 29.9 Å². The molecule has 0 aliphatic rings. The van der Waals surface area contributed by atoms with Gasteiger partial charge in [-0.3, -0.25) is 4.68 Å². The highest BCUT2D eigenvalue weighted by molar-refractivity contribution is 9.10. The van der Waals surface area contributed by atoms with Crippen LogP contribution in [0.1, 0.15) is 18.2 Å². The van der Waals surface area contributed by atoms with E-state index in [4.69, 9.17) is 0 Å². The Morgan fingerprint density at radius 1 is 1.35 bits per heavy atom. The van der Waals surface area contributed by atoms with Gasteiger partial charge < -0.3 is 5.32 Å². The Kier molecular flexibility index (Phi) is 3.84. The Labute approximate surface area is 110 Å². The number of hydrogen-bond donors (Lipinski definition) is 1. The highest BCUT2D eigenvalue weighted by Gasteiger charge is 2.03. The van der Waals surface area contributed by atoms with E-state index < -0.39 is 0 Å². The number of aromatic nitrogens is 2. The third kappa shape index (κ3) is 2.69. The summed E-state index contributed by atoms with van der Waals surface area (Å²) in [5.74, 6) is 0. The van der Waals surface area contributed by atoms with Crippen molar-refractivity contribution in [3.05, 3.63) is 46.2 Å². The molecule has 0 amide bonds. The molecule has 3 nitrogen and oxygen atoms in total. The maximum absolute atomic E-state index is 4.25. The molecule has 90 valence electrons. The molecule has 0 spiro atoms. The Morgan fingerprint density at radius 3 is 2.94 bits per heavy atom. The quantitative estimate of drug-likeness (QED) is 0.934. The lowest BCUT2D eigenvalue weighted by Crippen LogP contribution is -2.08. The largest absolute Gasteiger partial charge is 0.379 e. The highest BCUT2D eigenvalue weighted by atomic mass is 79.9. The highest BCUT2D eigenvalue weighted by Crippen LogP contribution is 2.23. The van der Waals surface area contributed by atoms with Crippen LogP contribution in [0.15, 0.2) is 34.9 Å². The van der Waals surface area contributed by atoms with E-state index in [1.54, 1.807) is 0 Å². The van der Waals surface area contributed by atoms with Gasteiger partial charge in [0.1, 0.15) is 0 Å². The molecule has 0 aliphatic heterocycles. The predicted molar refractivity (Wildman–Crippen MR) is 74.1 cm³/mol. The molecule has 17 heavy (non-hydrogen) atoms. The average Bonchev–Trinajstić information content (AvgIpc) is 2.78. The van der Waals surface area contributed by atoms with Gasteiger partial charge in [0.2, 0.25) is 0 Å². The second-order valence-electron chi connectivity index (χ2n) is 3.90. The first-order valence-corrected chi connectivity index (χ1v) is 6.51. The van der Waals surface area contributed by atoms with Crippen LogP contribution in [0.4, 0.5) is 5.69 Å². The molecule has 2 rings (SSSR count). The van der Waals surface area contributed by atoms with Crippen LogP contribution >= 0.6 is 15.9 Å². The summed E-state index contributed by atoms with van der Waals surface area (Å²) >= 11 is 3.54. The summed E-state index contributed by atoms with van der Waals surface area (Å²) in [6, 6.07) is 8.23. The maximum Gasteiger partial charge on any atom is 0.0575 e. The first-order valence-electron chi connectivity index (χ1n) is 5.72. The number of nitrogens with one attached hydrogen (secondary N) is 1. The van der Waals surface area contributed by atoms with E-state index in [2.05, 4.69) is 52.3 Å². The van der Waals surface area contributed by atoms with Crippen LogP contribution in [-0.2, 0) is 13.1 Å². The molecule has 4 heteroatoms. The number of benzene rings is 1. The lowest BCUT2D eigenvalue weighted by molar-refractivity contribution is 0.627. The van der Waals surface area contributed by atoms with Gasteiger partial charge in [0.05, 0.1) is 12.2 Å². The average molecular weight is 294 g/mol. The number of anilines is 1. The van der Waals surface area contributed by atoms with Crippen LogP contribution < -0.4 is 5.32 Å². The molecule has 1 aromatic heterocycles. The normalized spacial score (nSPS) is 10.5. The first-order chi connectivity index (χ1) is 8.22. The van der Waals surface area contributed by atoms with Gasteiger partial charge in [-0.1, -0.05) is 22.0 Å². The molecule has 0 unspecified atom stereocenters. The van der Waals surface area contributed by atoms with Crippen LogP contribution in [0.2, 0.25) is 0 Å². The summed E-state index contributed by atoms with van der Waals surface area (Å²) in [6.45, 7) is 5.90. The van der Waals surface area contributed by atoms with Crippen molar-refractivity contribution in [1.29, 1.82) is 0 Å². The van der Waals surface area contributed by atoms with Gasteiger partial charge in [0, 0.05) is 22.9 Å². The van der Waals surface area contributed by atoms with E-state index in [1.165, 1.54) is 11.3 Å². The van der Waals surface area contributed by atoms with E-state index in [-0.39, 0.29) is 0 Å². The fraction of sp³-hybridized carbons (Fsp3) is 0.308. The van der Waals surface area contributed by atoms with Crippen LogP contribution in [0.5, 0.6) is 0 Å². The SMILES string of the molecule is CCn1nccc1CNc1cccc(Br)c1C. The fourth-order valence-electron chi connectivity index (χ4n) is 1.78.